The maximum Gasteiger partial charge on any atom is 0.223 e. The lowest BCUT2D eigenvalue weighted by Gasteiger charge is -2.35. The van der Waals surface area contributed by atoms with E-state index in [1.165, 1.54) is 6.42 Å². The van der Waals surface area contributed by atoms with Gasteiger partial charge in [-0.25, -0.2) is 4.98 Å². The topological polar surface area (TPSA) is 58.4 Å². The summed E-state index contributed by atoms with van der Waals surface area (Å²) in [7, 11) is 4.21. The van der Waals surface area contributed by atoms with E-state index in [2.05, 4.69) is 24.0 Å². The van der Waals surface area contributed by atoms with Crippen LogP contribution in [0.2, 0.25) is 0 Å². The number of ketones is 1. The molecule has 0 atom stereocenters. The Bertz CT molecular complexity index is 598. The molecule has 0 bridgehead atoms. The molecule has 0 unspecified atom stereocenters. The molecule has 2 aliphatic rings. The molecule has 2 fully saturated rings. The summed E-state index contributed by atoms with van der Waals surface area (Å²) in [5, 5.41) is 0. The number of piperidine rings is 1. The smallest absolute Gasteiger partial charge is 0.223 e. The summed E-state index contributed by atoms with van der Waals surface area (Å²) in [6.45, 7) is 2.09. The summed E-state index contributed by atoms with van der Waals surface area (Å²) in [6.07, 6.45) is 10.0. The first-order valence-electron chi connectivity index (χ1n) is 9.51. The number of amides is 1. The maximum atomic E-state index is 12.5. The molecule has 0 aromatic carbocycles. The second-order valence-electron chi connectivity index (χ2n) is 7.64. The van der Waals surface area contributed by atoms with E-state index in [0.717, 1.165) is 44.6 Å². The van der Waals surface area contributed by atoms with E-state index in [9.17, 15) is 9.59 Å². The Balaban J connectivity index is 1.46. The zero-order valence-electron chi connectivity index (χ0n) is 15.5. The van der Waals surface area contributed by atoms with E-state index in [4.69, 9.17) is 0 Å². The van der Waals surface area contributed by atoms with Gasteiger partial charge in [-0.1, -0.05) is 6.42 Å². The highest BCUT2D eigenvalue weighted by atomic mass is 16.2. The first-order valence-corrected chi connectivity index (χ1v) is 9.51. The highest BCUT2D eigenvalue weighted by molar-refractivity contribution is 5.81. The lowest BCUT2D eigenvalue weighted by molar-refractivity contribution is -0.132. The summed E-state index contributed by atoms with van der Waals surface area (Å²) in [5.41, 5.74) is 0. The van der Waals surface area contributed by atoms with E-state index in [-0.39, 0.29) is 11.8 Å². The highest BCUT2D eigenvalue weighted by Crippen LogP contribution is 2.27. The molecule has 1 saturated carbocycles. The number of aryl methyl sites for hydroxylation is 1. The minimum Gasteiger partial charge on any atom is -0.343 e. The Morgan fingerprint density at radius 1 is 1.20 bits per heavy atom. The van der Waals surface area contributed by atoms with Gasteiger partial charge in [-0.3, -0.25) is 9.59 Å². The fourth-order valence-corrected chi connectivity index (χ4v) is 3.75. The molecule has 1 aromatic rings. The molecule has 6 nitrogen and oxygen atoms in total. The van der Waals surface area contributed by atoms with Crippen LogP contribution in [-0.2, 0) is 22.6 Å². The molecule has 6 heteroatoms. The number of rotatable bonds is 7. The number of hydrogen-bond acceptors (Lipinski definition) is 4. The minimum atomic E-state index is 0.206. The molecular weight excluding hydrogens is 316 g/mol. The number of aromatic nitrogens is 2. The zero-order valence-corrected chi connectivity index (χ0v) is 15.5. The third kappa shape index (κ3) is 4.48. The van der Waals surface area contributed by atoms with Crippen molar-refractivity contribution in [1.29, 1.82) is 0 Å². The zero-order chi connectivity index (χ0) is 17.8. The Morgan fingerprint density at radius 2 is 1.92 bits per heavy atom. The lowest BCUT2D eigenvalue weighted by atomic mass is 9.82. The van der Waals surface area contributed by atoms with Crippen molar-refractivity contribution < 1.29 is 9.59 Å². The van der Waals surface area contributed by atoms with Gasteiger partial charge in [0.2, 0.25) is 5.91 Å². The fraction of sp³-hybridized carbons (Fsp3) is 0.737. The standard InChI is InChI=1S/C19H30N4O2/c1-21(2)16-8-11-22(12-9-16)19(25)7-6-18-20-10-13-23(18)14-17(24)15-4-3-5-15/h10,13,15-16H,3-9,11-12,14H2,1-2H3. The predicted octanol–water partition coefficient (Wildman–Crippen LogP) is 1.74. The molecule has 1 aliphatic heterocycles. The third-order valence-electron chi connectivity index (χ3n) is 5.80. The van der Waals surface area contributed by atoms with Gasteiger partial charge in [-0.15, -0.1) is 0 Å². The minimum absolute atomic E-state index is 0.206. The van der Waals surface area contributed by atoms with E-state index in [0.29, 0.717) is 31.2 Å². The summed E-state index contributed by atoms with van der Waals surface area (Å²) >= 11 is 0. The Labute approximate surface area is 150 Å². The van der Waals surface area contributed by atoms with Crippen LogP contribution in [0.1, 0.15) is 44.3 Å². The van der Waals surface area contributed by atoms with Gasteiger partial charge in [-0.05, 0) is 39.8 Å². The van der Waals surface area contributed by atoms with Crippen molar-refractivity contribution in [3.05, 3.63) is 18.2 Å². The number of hydrogen-bond donors (Lipinski definition) is 0. The Kier molecular flexibility index (Phi) is 5.89. The van der Waals surface area contributed by atoms with Crippen molar-refractivity contribution in [3.8, 4) is 0 Å². The van der Waals surface area contributed by atoms with E-state index in [1.807, 2.05) is 15.7 Å². The van der Waals surface area contributed by atoms with Crippen LogP contribution < -0.4 is 0 Å². The molecule has 1 aliphatic carbocycles. The lowest BCUT2D eigenvalue weighted by Crippen LogP contribution is -2.44. The van der Waals surface area contributed by atoms with Gasteiger partial charge in [0.25, 0.3) is 0 Å². The fourth-order valence-electron chi connectivity index (χ4n) is 3.75. The molecule has 1 saturated heterocycles. The van der Waals surface area contributed by atoms with E-state index < -0.39 is 0 Å². The maximum absolute atomic E-state index is 12.5. The van der Waals surface area contributed by atoms with Crippen LogP contribution in [0.15, 0.2) is 12.4 Å². The van der Waals surface area contributed by atoms with Crippen LogP contribution in [0.5, 0.6) is 0 Å². The first-order chi connectivity index (χ1) is 12.0. The molecule has 1 amide bonds. The third-order valence-corrected chi connectivity index (χ3v) is 5.80. The number of carbonyl (C=O) groups excluding carboxylic acids is 2. The van der Waals surface area contributed by atoms with Crippen LogP contribution in [0.25, 0.3) is 0 Å². The highest BCUT2D eigenvalue weighted by Gasteiger charge is 2.26. The summed E-state index contributed by atoms with van der Waals surface area (Å²) < 4.78 is 1.92. The van der Waals surface area contributed by atoms with Crippen molar-refractivity contribution in [3.63, 3.8) is 0 Å². The summed E-state index contributed by atoms with van der Waals surface area (Å²) in [4.78, 5) is 33.2. The van der Waals surface area contributed by atoms with Gasteiger partial charge in [-0.2, -0.15) is 0 Å². The quantitative estimate of drug-likeness (QED) is 0.755. The molecular formula is C19H30N4O2. The summed E-state index contributed by atoms with van der Waals surface area (Å²) in [6, 6.07) is 0.584. The van der Waals surface area contributed by atoms with Crippen molar-refractivity contribution in [2.24, 2.45) is 5.92 Å². The molecule has 0 spiro atoms. The molecule has 1 aromatic heterocycles. The molecule has 3 rings (SSSR count). The van der Waals surface area contributed by atoms with Crippen molar-refractivity contribution in [1.82, 2.24) is 19.4 Å². The number of likely N-dealkylation sites (tertiary alicyclic amines) is 1. The van der Waals surface area contributed by atoms with Crippen LogP contribution in [0, 0.1) is 5.92 Å². The van der Waals surface area contributed by atoms with Crippen molar-refractivity contribution in [2.75, 3.05) is 27.2 Å². The number of carbonyl (C=O) groups is 2. The Morgan fingerprint density at radius 3 is 2.52 bits per heavy atom. The molecule has 2 heterocycles. The van der Waals surface area contributed by atoms with Crippen molar-refractivity contribution >= 4 is 11.7 Å². The SMILES string of the molecule is CN(C)C1CCN(C(=O)CCc2nccn2CC(=O)C2CCC2)CC1. The van der Waals surface area contributed by atoms with Gasteiger partial charge < -0.3 is 14.4 Å². The van der Waals surface area contributed by atoms with Crippen LogP contribution in [0.3, 0.4) is 0 Å². The largest absolute Gasteiger partial charge is 0.343 e. The van der Waals surface area contributed by atoms with Gasteiger partial charge >= 0.3 is 0 Å². The molecule has 25 heavy (non-hydrogen) atoms. The van der Waals surface area contributed by atoms with E-state index in [1.54, 1.807) is 6.20 Å². The predicted molar refractivity (Wildman–Crippen MR) is 96.2 cm³/mol. The van der Waals surface area contributed by atoms with Gasteiger partial charge in [0.1, 0.15) is 5.82 Å². The van der Waals surface area contributed by atoms with Crippen LogP contribution >= 0.6 is 0 Å². The monoisotopic (exact) mass is 346 g/mol. The van der Waals surface area contributed by atoms with Crippen LogP contribution in [-0.4, -0.2) is 64.3 Å². The Hall–Kier alpha value is -1.69. The van der Waals surface area contributed by atoms with Gasteiger partial charge in [0, 0.05) is 50.3 Å². The summed E-state index contributed by atoms with van der Waals surface area (Å²) in [5.74, 6) is 1.61. The number of Topliss-reactive ketones (excluding diaryl/α,β-unsaturated/α-hetero) is 1. The van der Waals surface area contributed by atoms with E-state index >= 15 is 0 Å². The normalized spacial score (nSPS) is 19.2. The number of nitrogens with zero attached hydrogens (tertiary/aromatic N) is 4. The average Bonchev–Trinajstić information content (AvgIpc) is 2.98. The second-order valence-corrected chi connectivity index (χ2v) is 7.64. The van der Waals surface area contributed by atoms with Gasteiger partial charge in [0.05, 0.1) is 6.54 Å². The molecule has 0 N–H and O–H groups in total. The second kappa shape index (κ2) is 8.13. The first kappa shape index (κ1) is 18.1. The van der Waals surface area contributed by atoms with Crippen LogP contribution in [0.4, 0.5) is 0 Å². The molecule has 0 radical (unpaired) electrons. The average molecular weight is 346 g/mol. The number of imidazole rings is 1. The van der Waals surface area contributed by atoms with Gasteiger partial charge in [0.15, 0.2) is 5.78 Å². The molecule has 138 valence electrons. The van der Waals surface area contributed by atoms with Crippen molar-refractivity contribution in [2.45, 2.75) is 57.5 Å².